The maximum atomic E-state index is 12.8. The van der Waals surface area contributed by atoms with Crippen molar-refractivity contribution in [1.82, 2.24) is 10.3 Å². The molecule has 0 aliphatic carbocycles. The number of carbonyl (C=O) groups excluding carboxylic acids is 1. The van der Waals surface area contributed by atoms with Crippen LogP contribution in [-0.2, 0) is 11.2 Å². The van der Waals surface area contributed by atoms with Gasteiger partial charge in [0.05, 0.1) is 7.11 Å². The SMILES string of the molecule is CCc1cccc2c([C@@H](CC(=O)N[C@H](C)CC)c3cccc(OC)c3)c[nH]c12. The van der Waals surface area contributed by atoms with Gasteiger partial charge in [0.15, 0.2) is 0 Å². The Morgan fingerprint density at radius 3 is 2.68 bits per heavy atom. The van der Waals surface area contributed by atoms with E-state index in [0.717, 1.165) is 35.2 Å². The predicted molar refractivity (Wildman–Crippen MR) is 115 cm³/mol. The molecule has 148 valence electrons. The first-order valence-electron chi connectivity index (χ1n) is 10.1. The summed E-state index contributed by atoms with van der Waals surface area (Å²) in [7, 11) is 1.67. The molecule has 0 aliphatic rings. The number of H-pyrrole nitrogens is 1. The van der Waals surface area contributed by atoms with Gasteiger partial charge in [0, 0.05) is 35.5 Å². The number of ether oxygens (including phenoxy) is 1. The van der Waals surface area contributed by atoms with Gasteiger partial charge in [-0.3, -0.25) is 4.79 Å². The third-order valence-electron chi connectivity index (χ3n) is 5.50. The molecule has 1 amide bonds. The number of carbonyl (C=O) groups is 1. The summed E-state index contributed by atoms with van der Waals surface area (Å²) >= 11 is 0. The molecule has 0 unspecified atom stereocenters. The first-order valence-corrected chi connectivity index (χ1v) is 10.1. The van der Waals surface area contributed by atoms with Crippen LogP contribution in [0.4, 0.5) is 0 Å². The lowest BCUT2D eigenvalue weighted by atomic mass is 9.87. The number of hydrogen-bond donors (Lipinski definition) is 2. The zero-order valence-corrected chi connectivity index (χ0v) is 17.2. The van der Waals surface area contributed by atoms with Gasteiger partial charge in [0.1, 0.15) is 5.75 Å². The molecule has 0 bridgehead atoms. The molecule has 1 heterocycles. The number of methoxy groups -OCH3 is 1. The van der Waals surface area contributed by atoms with Gasteiger partial charge in [-0.2, -0.15) is 0 Å². The second-order valence-electron chi connectivity index (χ2n) is 7.35. The minimum atomic E-state index is -0.0417. The third kappa shape index (κ3) is 4.22. The molecule has 2 atom stereocenters. The fourth-order valence-electron chi connectivity index (χ4n) is 3.71. The molecule has 0 fully saturated rings. The highest BCUT2D eigenvalue weighted by Crippen LogP contribution is 2.35. The Kier molecular flexibility index (Phi) is 6.40. The zero-order chi connectivity index (χ0) is 20.1. The third-order valence-corrected chi connectivity index (χ3v) is 5.50. The first kappa shape index (κ1) is 20.0. The molecule has 0 aliphatic heterocycles. The number of fused-ring (bicyclic) bond motifs is 1. The maximum absolute atomic E-state index is 12.8. The smallest absolute Gasteiger partial charge is 0.221 e. The number of para-hydroxylation sites is 1. The molecule has 28 heavy (non-hydrogen) atoms. The molecular formula is C24H30N2O2. The largest absolute Gasteiger partial charge is 0.497 e. The Morgan fingerprint density at radius 1 is 1.18 bits per heavy atom. The molecule has 1 aromatic heterocycles. The number of aromatic amines is 1. The quantitative estimate of drug-likeness (QED) is 0.568. The molecule has 0 radical (unpaired) electrons. The van der Waals surface area contributed by atoms with Gasteiger partial charge in [0.25, 0.3) is 0 Å². The van der Waals surface area contributed by atoms with E-state index in [1.54, 1.807) is 7.11 Å². The van der Waals surface area contributed by atoms with Crippen molar-refractivity contribution < 1.29 is 9.53 Å². The van der Waals surface area contributed by atoms with E-state index in [1.165, 1.54) is 10.9 Å². The number of benzene rings is 2. The van der Waals surface area contributed by atoms with Crippen molar-refractivity contribution in [3.63, 3.8) is 0 Å². The summed E-state index contributed by atoms with van der Waals surface area (Å²) in [5, 5.41) is 4.29. The van der Waals surface area contributed by atoms with Gasteiger partial charge in [-0.25, -0.2) is 0 Å². The molecular weight excluding hydrogens is 348 g/mol. The Balaban J connectivity index is 2.04. The molecule has 3 aromatic rings. The number of aryl methyl sites for hydroxylation is 1. The van der Waals surface area contributed by atoms with Crippen LogP contribution in [0.3, 0.4) is 0 Å². The van der Waals surface area contributed by atoms with Crippen molar-refractivity contribution >= 4 is 16.8 Å². The van der Waals surface area contributed by atoms with Crippen LogP contribution in [0.2, 0.25) is 0 Å². The van der Waals surface area contributed by atoms with E-state index in [4.69, 9.17) is 4.74 Å². The van der Waals surface area contributed by atoms with E-state index in [0.29, 0.717) is 6.42 Å². The molecule has 2 aromatic carbocycles. The van der Waals surface area contributed by atoms with Crippen LogP contribution in [0.1, 0.15) is 56.2 Å². The van der Waals surface area contributed by atoms with Gasteiger partial charge in [-0.15, -0.1) is 0 Å². The van der Waals surface area contributed by atoms with Crippen molar-refractivity contribution in [3.05, 3.63) is 65.4 Å². The first-order chi connectivity index (χ1) is 13.6. The predicted octanol–water partition coefficient (Wildman–Crippen LogP) is 5.18. The van der Waals surface area contributed by atoms with E-state index in [-0.39, 0.29) is 17.9 Å². The van der Waals surface area contributed by atoms with Crippen molar-refractivity contribution in [2.45, 2.75) is 52.0 Å². The summed E-state index contributed by atoms with van der Waals surface area (Å²) in [6.45, 7) is 6.28. The van der Waals surface area contributed by atoms with Crippen LogP contribution >= 0.6 is 0 Å². The molecule has 0 saturated carbocycles. The van der Waals surface area contributed by atoms with Crippen molar-refractivity contribution in [3.8, 4) is 5.75 Å². The van der Waals surface area contributed by atoms with E-state index in [1.807, 2.05) is 25.1 Å². The Labute approximate surface area is 167 Å². The van der Waals surface area contributed by atoms with E-state index < -0.39 is 0 Å². The highest BCUT2D eigenvalue weighted by molar-refractivity contribution is 5.88. The summed E-state index contributed by atoms with van der Waals surface area (Å²) in [4.78, 5) is 16.2. The second-order valence-corrected chi connectivity index (χ2v) is 7.35. The van der Waals surface area contributed by atoms with Gasteiger partial charge >= 0.3 is 0 Å². The van der Waals surface area contributed by atoms with Crippen LogP contribution in [-0.4, -0.2) is 24.0 Å². The summed E-state index contributed by atoms with van der Waals surface area (Å²) < 4.78 is 5.42. The lowest BCUT2D eigenvalue weighted by Crippen LogP contribution is -2.33. The summed E-state index contributed by atoms with van der Waals surface area (Å²) in [6.07, 6.45) is 4.35. The van der Waals surface area contributed by atoms with E-state index >= 15 is 0 Å². The molecule has 0 spiro atoms. The normalized spacial score (nSPS) is 13.3. The number of rotatable bonds is 8. The van der Waals surface area contributed by atoms with Crippen LogP contribution in [0.5, 0.6) is 5.75 Å². The fourth-order valence-corrected chi connectivity index (χ4v) is 3.71. The van der Waals surface area contributed by atoms with Crippen LogP contribution < -0.4 is 10.1 Å². The van der Waals surface area contributed by atoms with Crippen molar-refractivity contribution in [2.24, 2.45) is 0 Å². The van der Waals surface area contributed by atoms with Crippen LogP contribution in [0, 0.1) is 0 Å². The molecule has 2 N–H and O–H groups in total. The molecule has 3 rings (SSSR count). The Bertz CT molecular complexity index is 945. The van der Waals surface area contributed by atoms with Crippen LogP contribution in [0.25, 0.3) is 10.9 Å². The van der Waals surface area contributed by atoms with Gasteiger partial charge in [0.2, 0.25) is 5.91 Å². The summed E-state index contributed by atoms with van der Waals surface area (Å²) in [5.41, 5.74) is 4.69. The maximum Gasteiger partial charge on any atom is 0.221 e. The summed E-state index contributed by atoms with van der Waals surface area (Å²) in [6, 6.07) is 14.6. The number of amides is 1. The second kappa shape index (κ2) is 8.96. The summed E-state index contributed by atoms with van der Waals surface area (Å²) in [5.74, 6) is 0.835. The zero-order valence-electron chi connectivity index (χ0n) is 17.2. The van der Waals surface area contributed by atoms with Crippen molar-refractivity contribution in [1.29, 1.82) is 0 Å². The average Bonchev–Trinajstić information content (AvgIpc) is 3.15. The number of aromatic nitrogens is 1. The lowest BCUT2D eigenvalue weighted by molar-refractivity contribution is -0.121. The van der Waals surface area contributed by atoms with Gasteiger partial charge < -0.3 is 15.0 Å². The fraction of sp³-hybridized carbons (Fsp3) is 0.375. The minimum Gasteiger partial charge on any atom is -0.497 e. The molecule has 4 heteroatoms. The highest BCUT2D eigenvalue weighted by atomic mass is 16.5. The van der Waals surface area contributed by atoms with E-state index in [2.05, 4.69) is 54.6 Å². The lowest BCUT2D eigenvalue weighted by Gasteiger charge is -2.19. The number of hydrogen-bond acceptors (Lipinski definition) is 2. The number of nitrogens with one attached hydrogen (secondary N) is 2. The minimum absolute atomic E-state index is 0.0417. The van der Waals surface area contributed by atoms with Gasteiger partial charge in [-0.05, 0) is 48.6 Å². The Hall–Kier alpha value is -2.75. The monoisotopic (exact) mass is 378 g/mol. The van der Waals surface area contributed by atoms with E-state index in [9.17, 15) is 4.79 Å². The van der Waals surface area contributed by atoms with Gasteiger partial charge in [-0.1, -0.05) is 44.2 Å². The van der Waals surface area contributed by atoms with Crippen LogP contribution in [0.15, 0.2) is 48.7 Å². The Morgan fingerprint density at radius 2 is 1.96 bits per heavy atom. The standard InChI is InChI=1S/C24H30N2O2/c1-5-16(3)26-23(27)14-21(18-10-7-11-19(13-18)28-4)22-15-25-24-17(6-2)9-8-12-20(22)24/h7-13,15-16,21,25H,5-6,14H2,1-4H3,(H,26,27)/t16-,21+/m1/s1. The molecule has 4 nitrogen and oxygen atoms in total. The molecule has 0 saturated heterocycles. The highest BCUT2D eigenvalue weighted by Gasteiger charge is 2.23. The topological polar surface area (TPSA) is 54.1 Å². The average molecular weight is 379 g/mol. The van der Waals surface area contributed by atoms with Crippen molar-refractivity contribution in [2.75, 3.05) is 7.11 Å².